The molecule has 1 unspecified atom stereocenters. The number of benzene rings is 1. The molecule has 1 atom stereocenters. The molecule has 1 saturated carbocycles. The van der Waals surface area contributed by atoms with Gasteiger partial charge < -0.3 is 0 Å². The van der Waals surface area contributed by atoms with E-state index in [1.54, 1.807) is 0 Å². The molecule has 0 N–H and O–H groups in total. The lowest BCUT2D eigenvalue weighted by Crippen LogP contribution is -2.37. The van der Waals surface area contributed by atoms with Gasteiger partial charge in [0.05, 0.1) is 5.69 Å². The standard InChI is InChI=1S/C16H25N.C15H24N2.2C2H6/c1-16(2,3)15-9-11-17(12-10-15)13-14-7-5-4-6-8-14;1-12-7-9-14(10-8-12)17(3)13(2)15-6-4-5-11-16-15;2*1-2/h4-8,15H,9-13H2,1-3H3;4-6,11-14H,7-10H2,1-3H3;2*1-2H3. The Hall–Kier alpha value is -1.71. The monoisotopic (exact) mass is 523 g/mol. The second-order valence-electron chi connectivity index (χ2n) is 11.9. The van der Waals surface area contributed by atoms with E-state index in [0.29, 0.717) is 11.5 Å². The largest absolute Gasteiger partial charge is 0.299 e. The first-order valence-electron chi connectivity index (χ1n) is 15.6. The molecule has 1 aliphatic heterocycles. The summed E-state index contributed by atoms with van der Waals surface area (Å²) in [5.74, 6) is 1.82. The molecular weight excluding hydrogens is 462 g/mol. The Balaban J connectivity index is 0.000000336. The van der Waals surface area contributed by atoms with Crippen LogP contribution in [-0.4, -0.2) is 41.0 Å². The summed E-state index contributed by atoms with van der Waals surface area (Å²) in [7, 11) is 2.25. The number of pyridine rings is 1. The highest BCUT2D eigenvalue weighted by molar-refractivity contribution is 5.14. The first kappa shape index (κ1) is 34.3. The topological polar surface area (TPSA) is 19.4 Å². The lowest BCUT2D eigenvalue weighted by Gasteiger charge is -2.38. The van der Waals surface area contributed by atoms with Crippen LogP contribution in [0.5, 0.6) is 0 Å². The maximum Gasteiger partial charge on any atom is 0.0572 e. The van der Waals surface area contributed by atoms with E-state index in [1.807, 2.05) is 40.0 Å². The second kappa shape index (κ2) is 18.6. The normalized spacial score (nSPS) is 21.1. The van der Waals surface area contributed by atoms with E-state index in [2.05, 4.69) is 98.9 Å². The van der Waals surface area contributed by atoms with Crippen LogP contribution in [0.2, 0.25) is 0 Å². The van der Waals surface area contributed by atoms with Gasteiger partial charge in [-0.25, -0.2) is 0 Å². The van der Waals surface area contributed by atoms with Crippen molar-refractivity contribution in [1.82, 2.24) is 14.8 Å². The Kier molecular flexibility index (Phi) is 16.8. The minimum absolute atomic E-state index is 0.426. The zero-order valence-corrected chi connectivity index (χ0v) is 26.7. The molecule has 1 aromatic carbocycles. The molecule has 2 aliphatic rings. The Morgan fingerprint density at radius 2 is 1.39 bits per heavy atom. The SMILES string of the molecule is CC.CC.CC(C)(C)C1CCN(Cc2ccccc2)CC1.CC1CCC(N(C)C(C)c2ccccn2)CC1. The molecule has 1 saturated heterocycles. The zero-order valence-electron chi connectivity index (χ0n) is 26.7. The third-order valence-electron chi connectivity index (χ3n) is 8.35. The highest BCUT2D eigenvalue weighted by atomic mass is 15.2. The van der Waals surface area contributed by atoms with Gasteiger partial charge in [0, 0.05) is 24.8 Å². The van der Waals surface area contributed by atoms with Crippen LogP contribution in [0.4, 0.5) is 0 Å². The highest BCUT2D eigenvalue weighted by Crippen LogP contribution is 2.34. The fraction of sp³-hybridized carbons (Fsp3) is 0.686. The van der Waals surface area contributed by atoms with E-state index in [0.717, 1.165) is 24.4 Å². The van der Waals surface area contributed by atoms with Crippen LogP contribution in [0.25, 0.3) is 0 Å². The van der Waals surface area contributed by atoms with Crippen molar-refractivity contribution >= 4 is 0 Å². The summed E-state index contributed by atoms with van der Waals surface area (Å²) < 4.78 is 0. The van der Waals surface area contributed by atoms with Gasteiger partial charge in [-0.1, -0.05) is 91.8 Å². The molecule has 4 rings (SSSR count). The Bertz CT molecular complexity index is 798. The van der Waals surface area contributed by atoms with Gasteiger partial charge in [0.2, 0.25) is 0 Å². The molecule has 0 spiro atoms. The van der Waals surface area contributed by atoms with Gasteiger partial charge in [-0.3, -0.25) is 14.8 Å². The number of hydrogen-bond acceptors (Lipinski definition) is 3. The summed E-state index contributed by atoms with van der Waals surface area (Å²) >= 11 is 0. The average molecular weight is 524 g/mol. The lowest BCUT2D eigenvalue weighted by molar-refractivity contribution is 0.108. The molecule has 216 valence electrons. The van der Waals surface area contributed by atoms with Crippen LogP contribution >= 0.6 is 0 Å². The van der Waals surface area contributed by atoms with Crippen molar-refractivity contribution in [3.05, 3.63) is 66.0 Å². The van der Waals surface area contributed by atoms with Crippen molar-refractivity contribution in [3.63, 3.8) is 0 Å². The van der Waals surface area contributed by atoms with Crippen molar-refractivity contribution in [1.29, 1.82) is 0 Å². The summed E-state index contributed by atoms with van der Waals surface area (Å²) in [6.07, 6.45) is 10.0. The van der Waals surface area contributed by atoms with Crippen molar-refractivity contribution in [2.45, 2.75) is 119 Å². The summed E-state index contributed by atoms with van der Waals surface area (Å²) in [6, 6.07) is 18.2. The van der Waals surface area contributed by atoms with E-state index in [9.17, 15) is 0 Å². The Morgan fingerprint density at radius 1 is 0.842 bits per heavy atom. The highest BCUT2D eigenvalue weighted by Gasteiger charge is 2.28. The number of aromatic nitrogens is 1. The third kappa shape index (κ3) is 12.0. The number of likely N-dealkylation sites (tertiary alicyclic amines) is 1. The smallest absolute Gasteiger partial charge is 0.0572 e. The fourth-order valence-corrected chi connectivity index (χ4v) is 5.60. The predicted octanol–water partition coefficient (Wildman–Crippen LogP) is 9.65. The molecule has 1 aliphatic carbocycles. The van der Waals surface area contributed by atoms with E-state index in [4.69, 9.17) is 0 Å². The van der Waals surface area contributed by atoms with Crippen LogP contribution in [0, 0.1) is 17.3 Å². The quantitative estimate of drug-likeness (QED) is 0.389. The first-order valence-corrected chi connectivity index (χ1v) is 15.6. The van der Waals surface area contributed by atoms with Gasteiger partial charge in [0.1, 0.15) is 0 Å². The molecule has 1 aromatic heterocycles. The van der Waals surface area contributed by atoms with E-state index >= 15 is 0 Å². The predicted molar refractivity (Wildman–Crippen MR) is 168 cm³/mol. The van der Waals surface area contributed by atoms with Crippen LogP contribution in [0.1, 0.15) is 118 Å². The molecule has 2 fully saturated rings. The third-order valence-corrected chi connectivity index (χ3v) is 8.35. The molecule has 2 heterocycles. The van der Waals surface area contributed by atoms with Gasteiger partial charge >= 0.3 is 0 Å². The van der Waals surface area contributed by atoms with Crippen molar-refractivity contribution in [2.24, 2.45) is 17.3 Å². The molecule has 0 amide bonds. The zero-order chi connectivity index (χ0) is 28.6. The second-order valence-corrected chi connectivity index (χ2v) is 11.9. The van der Waals surface area contributed by atoms with E-state index in [-0.39, 0.29) is 0 Å². The molecule has 38 heavy (non-hydrogen) atoms. The lowest BCUT2D eigenvalue weighted by atomic mass is 9.75. The average Bonchev–Trinajstić information content (AvgIpc) is 2.96. The van der Waals surface area contributed by atoms with Crippen LogP contribution in [0.15, 0.2) is 54.7 Å². The van der Waals surface area contributed by atoms with Crippen LogP contribution in [0.3, 0.4) is 0 Å². The van der Waals surface area contributed by atoms with Gasteiger partial charge in [0.25, 0.3) is 0 Å². The number of nitrogens with zero attached hydrogens (tertiary/aromatic N) is 3. The summed E-state index contributed by atoms with van der Waals surface area (Å²) in [4.78, 5) is 9.57. The van der Waals surface area contributed by atoms with Gasteiger partial charge in [-0.05, 0) is 101 Å². The number of piperidine rings is 1. The summed E-state index contributed by atoms with van der Waals surface area (Å²) in [5, 5.41) is 0. The minimum atomic E-state index is 0.426. The van der Waals surface area contributed by atoms with Crippen molar-refractivity contribution in [2.75, 3.05) is 20.1 Å². The van der Waals surface area contributed by atoms with E-state index < -0.39 is 0 Å². The fourth-order valence-electron chi connectivity index (χ4n) is 5.60. The first-order chi connectivity index (χ1) is 18.2. The Labute approximate surface area is 237 Å². The van der Waals surface area contributed by atoms with Gasteiger partial charge in [-0.15, -0.1) is 0 Å². The van der Waals surface area contributed by atoms with E-state index in [1.165, 1.54) is 62.9 Å². The van der Waals surface area contributed by atoms with Gasteiger partial charge in [-0.2, -0.15) is 0 Å². The molecule has 3 heteroatoms. The minimum Gasteiger partial charge on any atom is -0.299 e. The molecular formula is C35H61N3. The molecule has 0 radical (unpaired) electrons. The van der Waals surface area contributed by atoms with Gasteiger partial charge in [0.15, 0.2) is 0 Å². The summed E-state index contributed by atoms with van der Waals surface area (Å²) in [5.41, 5.74) is 3.12. The molecule has 0 bridgehead atoms. The summed E-state index contributed by atoms with van der Waals surface area (Å²) in [6.45, 7) is 23.4. The maximum atomic E-state index is 4.47. The van der Waals surface area contributed by atoms with Crippen molar-refractivity contribution in [3.8, 4) is 0 Å². The number of hydrogen-bond donors (Lipinski definition) is 0. The molecule has 3 nitrogen and oxygen atoms in total. The maximum absolute atomic E-state index is 4.47. The van der Waals surface area contributed by atoms with Crippen LogP contribution in [-0.2, 0) is 6.54 Å². The molecule has 2 aromatic rings. The number of rotatable bonds is 5. The Morgan fingerprint density at radius 3 is 1.89 bits per heavy atom. The van der Waals surface area contributed by atoms with Crippen molar-refractivity contribution < 1.29 is 0 Å². The van der Waals surface area contributed by atoms with Crippen LogP contribution < -0.4 is 0 Å².